The average Bonchev–Trinajstić information content (AvgIpc) is 2.66. The standard InChI is InChI=1S/C11H13BrFNO/c12-9-2-1-3-10(13)11(9)14-5-4-8(6-14)7-15/h1-3,8,15H,4-7H2. The van der Waals surface area contributed by atoms with E-state index in [1.54, 1.807) is 6.07 Å². The van der Waals surface area contributed by atoms with Gasteiger partial charge in [0.1, 0.15) is 5.82 Å². The second kappa shape index (κ2) is 4.49. The molecule has 1 aliphatic rings. The van der Waals surface area contributed by atoms with Crippen molar-refractivity contribution in [3.05, 3.63) is 28.5 Å². The molecule has 0 amide bonds. The fourth-order valence-electron chi connectivity index (χ4n) is 1.98. The Kier molecular flexibility index (Phi) is 3.26. The molecule has 4 heteroatoms. The van der Waals surface area contributed by atoms with Crippen molar-refractivity contribution in [3.63, 3.8) is 0 Å². The number of halogens is 2. The van der Waals surface area contributed by atoms with E-state index < -0.39 is 0 Å². The zero-order valence-electron chi connectivity index (χ0n) is 8.29. The molecule has 15 heavy (non-hydrogen) atoms. The number of benzene rings is 1. The van der Waals surface area contributed by atoms with Crippen molar-refractivity contribution in [2.45, 2.75) is 6.42 Å². The maximum Gasteiger partial charge on any atom is 0.147 e. The van der Waals surface area contributed by atoms with Crippen LogP contribution in [-0.2, 0) is 0 Å². The lowest BCUT2D eigenvalue weighted by molar-refractivity contribution is 0.238. The minimum atomic E-state index is -0.206. The van der Waals surface area contributed by atoms with E-state index in [1.807, 2.05) is 11.0 Å². The van der Waals surface area contributed by atoms with Crippen molar-refractivity contribution in [2.24, 2.45) is 5.92 Å². The normalized spacial score (nSPS) is 21.0. The molecular formula is C11H13BrFNO. The number of hydrogen-bond donors (Lipinski definition) is 1. The molecular weight excluding hydrogens is 261 g/mol. The first kappa shape index (κ1) is 10.9. The molecule has 1 aliphatic heterocycles. The van der Waals surface area contributed by atoms with Crippen molar-refractivity contribution in [1.29, 1.82) is 0 Å². The number of aliphatic hydroxyl groups is 1. The summed E-state index contributed by atoms with van der Waals surface area (Å²) in [6.45, 7) is 1.73. The minimum Gasteiger partial charge on any atom is -0.396 e. The first-order valence-electron chi connectivity index (χ1n) is 5.02. The highest BCUT2D eigenvalue weighted by molar-refractivity contribution is 9.10. The summed E-state index contributed by atoms with van der Waals surface area (Å²) in [5, 5.41) is 9.04. The average molecular weight is 274 g/mol. The number of hydrogen-bond acceptors (Lipinski definition) is 2. The summed E-state index contributed by atoms with van der Waals surface area (Å²) in [6.07, 6.45) is 0.928. The molecule has 1 heterocycles. The molecule has 1 aromatic carbocycles. The lowest BCUT2D eigenvalue weighted by Crippen LogP contribution is -2.22. The molecule has 1 unspecified atom stereocenters. The van der Waals surface area contributed by atoms with Gasteiger partial charge < -0.3 is 10.0 Å². The van der Waals surface area contributed by atoms with Gasteiger partial charge in [-0.05, 0) is 34.5 Å². The van der Waals surface area contributed by atoms with E-state index in [0.29, 0.717) is 5.69 Å². The van der Waals surface area contributed by atoms with Gasteiger partial charge >= 0.3 is 0 Å². The summed E-state index contributed by atoms with van der Waals surface area (Å²) in [5.41, 5.74) is 0.619. The van der Waals surface area contributed by atoms with Crippen molar-refractivity contribution in [2.75, 3.05) is 24.6 Å². The molecule has 82 valence electrons. The molecule has 0 spiro atoms. The van der Waals surface area contributed by atoms with Crippen LogP contribution in [0.15, 0.2) is 22.7 Å². The molecule has 1 atom stereocenters. The Labute approximate surface area is 96.8 Å². The van der Waals surface area contributed by atoms with E-state index in [-0.39, 0.29) is 18.3 Å². The molecule has 0 saturated carbocycles. The summed E-state index contributed by atoms with van der Waals surface area (Å²) in [7, 11) is 0. The van der Waals surface area contributed by atoms with Crippen LogP contribution in [0, 0.1) is 11.7 Å². The van der Waals surface area contributed by atoms with Crippen LogP contribution in [0.4, 0.5) is 10.1 Å². The fourth-order valence-corrected chi connectivity index (χ4v) is 2.57. The molecule has 0 aliphatic carbocycles. The van der Waals surface area contributed by atoms with E-state index in [0.717, 1.165) is 24.0 Å². The highest BCUT2D eigenvalue weighted by Crippen LogP contribution is 2.32. The highest BCUT2D eigenvalue weighted by atomic mass is 79.9. The van der Waals surface area contributed by atoms with E-state index in [2.05, 4.69) is 15.9 Å². The van der Waals surface area contributed by atoms with Gasteiger partial charge in [-0.1, -0.05) is 6.07 Å². The van der Waals surface area contributed by atoms with Gasteiger partial charge in [0.05, 0.1) is 5.69 Å². The largest absolute Gasteiger partial charge is 0.396 e. The number of nitrogens with zero attached hydrogens (tertiary/aromatic N) is 1. The van der Waals surface area contributed by atoms with Gasteiger partial charge in [0.2, 0.25) is 0 Å². The number of para-hydroxylation sites is 1. The Hall–Kier alpha value is -0.610. The van der Waals surface area contributed by atoms with Gasteiger partial charge in [0.25, 0.3) is 0 Å². The second-order valence-corrected chi connectivity index (χ2v) is 4.71. The smallest absolute Gasteiger partial charge is 0.147 e. The Morgan fingerprint density at radius 1 is 1.53 bits per heavy atom. The van der Waals surface area contributed by atoms with Crippen LogP contribution in [0.5, 0.6) is 0 Å². The number of anilines is 1. The lowest BCUT2D eigenvalue weighted by Gasteiger charge is -2.20. The second-order valence-electron chi connectivity index (χ2n) is 3.85. The van der Waals surface area contributed by atoms with Crippen LogP contribution in [0.3, 0.4) is 0 Å². The topological polar surface area (TPSA) is 23.5 Å². The predicted molar refractivity (Wildman–Crippen MR) is 61.5 cm³/mol. The predicted octanol–water partition coefficient (Wildman–Crippen LogP) is 2.41. The Morgan fingerprint density at radius 3 is 2.93 bits per heavy atom. The van der Waals surface area contributed by atoms with Gasteiger partial charge in [-0.15, -0.1) is 0 Å². The van der Waals surface area contributed by atoms with Crippen LogP contribution < -0.4 is 4.90 Å². The molecule has 2 rings (SSSR count). The van der Waals surface area contributed by atoms with Gasteiger partial charge in [-0.25, -0.2) is 4.39 Å². The van der Waals surface area contributed by atoms with Gasteiger partial charge in [-0.2, -0.15) is 0 Å². The zero-order chi connectivity index (χ0) is 10.8. The Balaban J connectivity index is 2.23. The van der Waals surface area contributed by atoms with E-state index >= 15 is 0 Å². The Morgan fingerprint density at radius 2 is 2.33 bits per heavy atom. The van der Waals surface area contributed by atoms with Gasteiger partial charge in [0, 0.05) is 30.1 Å². The summed E-state index contributed by atoms with van der Waals surface area (Å²) in [6, 6.07) is 4.99. The van der Waals surface area contributed by atoms with Gasteiger partial charge in [-0.3, -0.25) is 0 Å². The molecule has 0 aromatic heterocycles. The van der Waals surface area contributed by atoms with Crippen LogP contribution in [0.25, 0.3) is 0 Å². The third kappa shape index (κ3) is 2.16. The highest BCUT2D eigenvalue weighted by Gasteiger charge is 2.25. The monoisotopic (exact) mass is 273 g/mol. The SMILES string of the molecule is OCC1CCN(c2c(F)cccc2Br)C1. The fraction of sp³-hybridized carbons (Fsp3) is 0.455. The quantitative estimate of drug-likeness (QED) is 0.895. The Bertz CT molecular complexity index is 338. The van der Waals surface area contributed by atoms with Crippen LogP contribution in [-0.4, -0.2) is 24.8 Å². The van der Waals surface area contributed by atoms with E-state index in [4.69, 9.17) is 5.11 Å². The molecule has 0 radical (unpaired) electrons. The van der Waals surface area contributed by atoms with Crippen molar-refractivity contribution in [3.8, 4) is 0 Å². The summed E-state index contributed by atoms with van der Waals surface area (Å²) in [5.74, 6) is 0.0690. The zero-order valence-corrected chi connectivity index (χ0v) is 9.87. The number of aliphatic hydroxyl groups excluding tert-OH is 1. The minimum absolute atomic E-state index is 0.183. The van der Waals surface area contributed by atoms with Gasteiger partial charge in [0.15, 0.2) is 0 Å². The number of rotatable bonds is 2. The maximum atomic E-state index is 13.6. The molecule has 2 nitrogen and oxygen atoms in total. The van der Waals surface area contributed by atoms with Crippen LogP contribution in [0.1, 0.15) is 6.42 Å². The van der Waals surface area contributed by atoms with Crippen molar-refractivity contribution >= 4 is 21.6 Å². The molecule has 1 N–H and O–H groups in total. The molecule has 1 fully saturated rings. The van der Waals surface area contributed by atoms with E-state index in [1.165, 1.54) is 6.07 Å². The van der Waals surface area contributed by atoms with E-state index in [9.17, 15) is 4.39 Å². The summed E-state index contributed by atoms with van der Waals surface area (Å²) >= 11 is 3.35. The summed E-state index contributed by atoms with van der Waals surface area (Å²) in [4.78, 5) is 1.99. The van der Waals surface area contributed by atoms with Crippen molar-refractivity contribution < 1.29 is 9.50 Å². The van der Waals surface area contributed by atoms with Crippen molar-refractivity contribution in [1.82, 2.24) is 0 Å². The third-order valence-corrected chi connectivity index (χ3v) is 3.44. The molecule has 1 aromatic rings. The van der Waals surface area contributed by atoms with Crippen LogP contribution in [0.2, 0.25) is 0 Å². The first-order valence-corrected chi connectivity index (χ1v) is 5.81. The lowest BCUT2D eigenvalue weighted by atomic mass is 10.1. The third-order valence-electron chi connectivity index (χ3n) is 2.80. The molecule has 0 bridgehead atoms. The maximum absolute atomic E-state index is 13.6. The summed E-state index contributed by atoms with van der Waals surface area (Å²) < 4.78 is 14.4. The first-order chi connectivity index (χ1) is 7.22. The van der Waals surface area contributed by atoms with Crippen LogP contribution >= 0.6 is 15.9 Å². The molecule has 1 saturated heterocycles.